The summed E-state index contributed by atoms with van der Waals surface area (Å²) in [6.07, 6.45) is 0.935. The summed E-state index contributed by atoms with van der Waals surface area (Å²) < 4.78 is 13.6. The molecule has 116 valence electrons. The Bertz CT molecular complexity index is 520. The lowest BCUT2D eigenvalue weighted by Gasteiger charge is -2.23. The Morgan fingerprint density at radius 2 is 2.05 bits per heavy atom. The highest BCUT2D eigenvalue weighted by Crippen LogP contribution is 2.13. The van der Waals surface area contributed by atoms with Gasteiger partial charge < -0.3 is 10.6 Å². The molecular weight excluding hydrogens is 289 g/mol. The molecular formula is C15H22FN3OS. The quantitative estimate of drug-likeness (QED) is 0.780. The van der Waals surface area contributed by atoms with E-state index in [9.17, 15) is 9.18 Å². The van der Waals surface area contributed by atoms with Gasteiger partial charge in [0, 0.05) is 26.2 Å². The predicted molar refractivity (Wildman–Crippen MR) is 86.5 cm³/mol. The summed E-state index contributed by atoms with van der Waals surface area (Å²) in [7, 11) is 3.46. The lowest BCUT2D eigenvalue weighted by atomic mass is 10.1. The van der Waals surface area contributed by atoms with Crippen molar-refractivity contribution >= 4 is 23.1 Å². The van der Waals surface area contributed by atoms with Crippen molar-refractivity contribution in [2.75, 3.05) is 27.2 Å². The molecule has 6 heteroatoms. The first-order chi connectivity index (χ1) is 9.85. The predicted octanol–water partition coefficient (Wildman–Crippen LogP) is 1.76. The van der Waals surface area contributed by atoms with Crippen LogP contribution < -0.4 is 5.73 Å². The zero-order valence-corrected chi connectivity index (χ0v) is 13.5. The second-order valence-corrected chi connectivity index (χ2v) is 5.62. The summed E-state index contributed by atoms with van der Waals surface area (Å²) in [4.78, 5) is 15.5. The molecule has 1 rings (SSSR count). The summed E-state index contributed by atoms with van der Waals surface area (Å²) >= 11 is 4.84. The highest BCUT2D eigenvalue weighted by molar-refractivity contribution is 7.80. The number of halogens is 1. The van der Waals surface area contributed by atoms with Gasteiger partial charge in [0.2, 0.25) is 5.91 Å². The average molecular weight is 311 g/mol. The summed E-state index contributed by atoms with van der Waals surface area (Å²) in [5.74, 6) is -0.377. The van der Waals surface area contributed by atoms with Crippen LogP contribution in [-0.4, -0.2) is 47.9 Å². The van der Waals surface area contributed by atoms with Gasteiger partial charge in [0.05, 0.1) is 6.54 Å². The van der Waals surface area contributed by atoms with Crippen LogP contribution in [0.3, 0.4) is 0 Å². The molecule has 0 aliphatic carbocycles. The number of hydrogen-bond donors (Lipinski definition) is 1. The van der Waals surface area contributed by atoms with E-state index in [0.717, 1.165) is 18.5 Å². The van der Waals surface area contributed by atoms with Crippen LogP contribution in [0.5, 0.6) is 0 Å². The third-order valence-electron chi connectivity index (χ3n) is 3.10. The Morgan fingerprint density at radius 1 is 1.38 bits per heavy atom. The van der Waals surface area contributed by atoms with Crippen LogP contribution in [0.15, 0.2) is 18.2 Å². The largest absolute Gasteiger partial charge is 0.389 e. The van der Waals surface area contributed by atoms with Crippen LogP contribution >= 0.6 is 12.2 Å². The van der Waals surface area contributed by atoms with Gasteiger partial charge in [-0.2, -0.15) is 0 Å². The fraction of sp³-hybridized carbons (Fsp3) is 0.467. The van der Waals surface area contributed by atoms with Crippen LogP contribution in [0.2, 0.25) is 0 Å². The number of likely N-dealkylation sites (N-methyl/N-ethyl adjacent to an activating group) is 1. The van der Waals surface area contributed by atoms with Crippen molar-refractivity contribution in [3.63, 3.8) is 0 Å². The topological polar surface area (TPSA) is 49.6 Å². The molecule has 0 aromatic heterocycles. The molecule has 1 aromatic carbocycles. The highest BCUT2D eigenvalue weighted by atomic mass is 32.1. The minimum absolute atomic E-state index is 0.0418. The van der Waals surface area contributed by atoms with Gasteiger partial charge in [-0.25, -0.2) is 4.39 Å². The highest BCUT2D eigenvalue weighted by Gasteiger charge is 2.13. The number of carbonyl (C=O) groups excluding carboxylic acids is 1. The second-order valence-electron chi connectivity index (χ2n) is 5.18. The summed E-state index contributed by atoms with van der Waals surface area (Å²) in [5.41, 5.74) is 6.65. The first-order valence-electron chi connectivity index (χ1n) is 6.85. The number of rotatable bonds is 7. The molecule has 0 aliphatic rings. The first kappa shape index (κ1) is 17.5. The molecule has 1 amide bonds. The molecule has 0 saturated carbocycles. The molecule has 0 aliphatic heterocycles. The van der Waals surface area contributed by atoms with Gasteiger partial charge >= 0.3 is 0 Å². The normalized spacial score (nSPS) is 10.7. The van der Waals surface area contributed by atoms with E-state index >= 15 is 0 Å². The van der Waals surface area contributed by atoms with Crippen molar-refractivity contribution in [3.05, 3.63) is 35.1 Å². The number of nitrogens with two attached hydrogens (primary N) is 1. The maximum absolute atomic E-state index is 13.6. The van der Waals surface area contributed by atoms with Gasteiger partial charge in [-0.1, -0.05) is 25.2 Å². The van der Waals surface area contributed by atoms with Gasteiger partial charge in [0.15, 0.2) is 0 Å². The summed E-state index contributed by atoms with van der Waals surface area (Å²) in [5, 5.41) is 0. The van der Waals surface area contributed by atoms with Gasteiger partial charge in [0.25, 0.3) is 0 Å². The first-order valence-corrected chi connectivity index (χ1v) is 7.26. The Hall–Kier alpha value is -1.53. The molecule has 4 nitrogen and oxygen atoms in total. The Labute approximate surface area is 130 Å². The standard InChI is InChI=1S/C15H22FN3OS/c1-4-7-19(10-14(20)18(2)3)9-11-5-6-13(16)12(8-11)15(17)21/h5-6,8H,4,7,9-10H2,1-3H3,(H2,17,21). The molecule has 0 atom stereocenters. The van der Waals surface area contributed by atoms with Crippen LogP contribution in [0.4, 0.5) is 4.39 Å². The molecule has 0 fully saturated rings. The molecule has 0 radical (unpaired) electrons. The fourth-order valence-corrected chi connectivity index (χ4v) is 2.14. The third-order valence-corrected chi connectivity index (χ3v) is 3.32. The van der Waals surface area contributed by atoms with E-state index in [-0.39, 0.29) is 16.5 Å². The van der Waals surface area contributed by atoms with Crippen molar-refractivity contribution in [1.29, 1.82) is 0 Å². The van der Waals surface area contributed by atoms with Gasteiger partial charge in [0.1, 0.15) is 10.8 Å². The summed E-state index contributed by atoms with van der Waals surface area (Å²) in [6.45, 7) is 3.74. The van der Waals surface area contributed by atoms with Crippen LogP contribution in [-0.2, 0) is 11.3 Å². The van der Waals surface area contributed by atoms with Crippen LogP contribution in [0, 0.1) is 5.82 Å². The second kappa shape index (κ2) is 8.05. The van der Waals surface area contributed by atoms with Crippen molar-refractivity contribution in [2.24, 2.45) is 5.73 Å². The van der Waals surface area contributed by atoms with E-state index < -0.39 is 5.82 Å². The molecule has 21 heavy (non-hydrogen) atoms. The van der Waals surface area contributed by atoms with Gasteiger partial charge in [-0.05, 0) is 30.7 Å². The lowest BCUT2D eigenvalue weighted by molar-refractivity contribution is -0.130. The number of thiocarbonyl (C=S) groups is 1. The minimum atomic E-state index is -0.419. The van der Waals surface area contributed by atoms with Crippen LogP contribution in [0.25, 0.3) is 0 Å². The zero-order valence-electron chi connectivity index (χ0n) is 12.7. The monoisotopic (exact) mass is 311 g/mol. The molecule has 0 spiro atoms. The zero-order chi connectivity index (χ0) is 16.0. The fourth-order valence-electron chi connectivity index (χ4n) is 1.98. The van der Waals surface area contributed by atoms with Gasteiger partial charge in [-0.15, -0.1) is 0 Å². The molecule has 0 unspecified atom stereocenters. The number of amides is 1. The molecule has 0 heterocycles. The number of benzene rings is 1. The van der Waals surface area contributed by atoms with Crippen molar-refractivity contribution < 1.29 is 9.18 Å². The average Bonchev–Trinajstić information content (AvgIpc) is 2.40. The smallest absolute Gasteiger partial charge is 0.236 e. The van der Waals surface area contributed by atoms with E-state index in [1.807, 2.05) is 4.90 Å². The Morgan fingerprint density at radius 3 is 2.57 bits per heavy atom. The van der Waals surface area contributed by atoms with E-state index in [1.54, 1.807) is 31.1 Å². The van der Waals surface area contributed by atoms with Gasteiger partial charge in [-0.3, -0.25) is 9.69 Å². The van der Waals surface area contributed by atoms with E-state index in [4.69, 9.17) is 18.0 Å². The molecule has 0 bridgehead atoms. The Kier molecular flexibility index (Phi) is 6.71. The SMILES string of the molecule is CCCN(CC(=O)N(C)C)Cc1ccc(F)c(C(N)=S)c1. The van der Waals surface area contributed by atoms with E-state index in [2.05, 4.69) is 6.92 Å². The van der Waals surface area contributed by atoms with Crippen molar-refractivity contribution in [1.82, 2.24) is 9.80 Å². The third kappa shape index (κ3) is 5.40. The van der Waals surface area contributed by atoms with E-state index in [1.165, 1.54) is 6.07 Å². The van der Waals surface area contributed by atoms with Crippen molar-refractivity contribution in [2.45, 2.75) is 19.9 Å². The van der Waals surface area contributed by atoms with E-state index in [0.29, 0.717) is 13.1 Å². The van der Waals surface area contributed by atoms with Crippen LogP contribution in [0.1, 0.15) is 24.5 Å². The molecule has 0 saturated heterocycles. The minimum Gasteiger partial charge on any atom is -0.389 e. The Balaban J connectivity index is 2.86. The number of hydrogen-bond acceptors (Lipinski definition) is 3. The number of nitrogens with zero attached hydrogens (tertiary/aromatic N) is 2. The maximum atomic E-state index is 13.6. The lowest BCUT2D eigenvalue weighted by Crippen LogP contribution is -2.36. The molecule has 1 aromatic rings. The summed E-state index contributed by atoms with van der Waals surface area (Å²) in [6, 6.07) is 4.71. The maximum Gasteiger partial charge on any atom is 0.236 e. The molecule has 2 N–H and O–H groups in total. The number of carbonyl (C=O) groups is 1. The van der Waals surface area contributed by atoms with Crippen molar-refractivity contribution in [3.8, 4) is 0 Å².